The monoisotopic (exact) mass is 294 g/mol. The van der Waals surface area contributed by atoms with E-state index in [2.05, 4.69) is 6.92 Å². The van der Waals surface area contributed by atoms with Gasteiger partial charge in [0.05, 0.1) is 17.8 Å². The number of rotatable bonds is 4. The minimum Gasteiger partial charge on any atom is -0.282 e. The molecule has 0 aliphatic carbocycles. The predicted molar refractivity (Wildman–Crippen MR) is 84.4 cm³/mol. The topological polar surface area (TPSA) is 40.6 Å². The Morgan fingerprint density at radius 3 is 1.95 bits per heavy atom. The van der Waals surface area contributed by atoms with E-state index in [1.165, 1.54) is 4.90 Å². The summed E-state index contributed by atoms with van der Waals surface area (Å²) in [7, 11) is 1.92. The van der Waals surface area contributed by atoms with Crippen LogP contribution in [-0.4, -0.2) is 35.3 Å². The van der Waals surface area contributed by atoms with Crippen molar-refractivity contribution < 1.29 is 9.59 Å². The summed E-state index contributed by atoms with van der Waals surface area (Å²) in [6.45, 7) is 2.34. The van der Waals surface area contributed by atoms with Crippen molar-refractivity contribution in [3.05, 3.63) is 71.3 Å². The highest BCUT2D eigenvalue weighted by Gasteiger charge is 2.36. The molecule has 2 aromatic carbocycles. The van der Waals surface area contributed by atoms with Crippen molar-refractivity contribution in [1.29, 1.82) is 0 Å². The van der Waals surface area contributed by atoms with Gasteiger partial charge in [-0.15, -0.1) is 0 Å². The molecule has 2 amide bonds. The number of carbonyl (C=O) groups excluding carboxylic acids is 2. The molecule has 0 saturated heterocycles. The third-order valence-corrected chi connectivity index (χ3v) is 4.19. The molecule has 112 valence electrons. The molecule has 22 heavy (non-hydrogen) atoms. The van der Waals surface area contributed by atoms with E-state index < -0.39 is 0 Å². The molecule has 0 spiro atoms. The zero-order valence-electron chi connectivity index (χ0n) is 12.7. The summed E-state index contributed by atoms with van der Waals surface area (Å²) in [5.74, 6) is -0.430. The standard InChI is InChI=1S/C18H18N2O2/c1-13(14-8-4-3-5-9-14)19(2)12-20-17(21)15-10-6-7-11-16(15)18(20)22/h3-11,13H,12H2,1-2H3/t13-/m0/s1. The predicted octanol–water partition coefficient (Wildman–Crippen LogP) is 2.93. The second-order valence-corrected chi connectivity index (χ2v) is 5.57. The molecule has 0 unspecified atom stereocenters. The van der Waals surface area contributed by atoms with Gasteiger partial charge >= 0.3 is 0 Å². The molecule has 0 N–H and O–H groups in total. The van der Waals surface area contributed by atoms with E-state index in [1.807, 2.05) is 42.3 Å². The van der Waals surface area contributed by atoms with E-state index in [9.17, 15) is 9.59 Å². The Morgan fingerprint density at radius 1 is 0.909 bits per heavy atom. The Kier molecular flexibility index (Phi) is 3.77. The number of benzene rings is 2. The van der Waals surface area contributed by atoms with Crippen LogP contribution < -0.4 is 0 Å². The SMILES string of the molecule is C[C@@H](c1ccccc1)N(C)CN1C(=O)c2ccccc2C1=O. The lowest BCUT2D eigenvalue weighted by Gasteiger charge is -2.28. The van der Waals surface area contributed by atoms with Crippen LogP contribution in [0.5, 0.6) is 0 Å². The average Bonchev–Trinajstić information content (AvgIpc) is 2.80. The lowest BCUT2D eigenvalue weighted by Crippen LogP contribution is -2.40. The average molecular weight is 294 g/mol. The highest BCUT2D eigenvalue weighted by molar-refractivity contribution is 6.21. The minimum atomic E-state index is -0.215. The molecule has 1 aliphatic rings. The summed E-state index contributed by atoms with van der Waals surface area (Å²) >= 11 is 0. The van der Waals surface area contributed by atoms with E-state index in [0.29, 0.717) is 11.1 Å². The summed E-state index contributed by atoms with van der Waals surface area (Å²) in [6, 6.07) is 17.1. The maximum absolute atomic E-state index is 12.4. The van der Waals surface area contributed by atoms with Crippen molar-refractivity contribution in [2.24, 2.45) is 0 Å². The van der Waals surface area contributed by atoms with Crippen molar-refractivity contribution in [3.8, 4) is 0 Å². The molecule has 1 aliphatic heterocycles. The van der Waals surface area contributed by atoms with Crippen molar-refractivity contribution in [1.82, 2.24) is 9.80 Å². The van der Waals surface area contributed by atoms with Gasteiger partial charge < -0.3 is 0 Å². The molecule has 4 heteroatoms. The zero-order valence-corrected chi connectivity index (χ0v) is 12.7. The molecular formula is C18H18N2O2. The zero-order chi connectivity index (χ0) is 15.7. The van der Waals surface area contributed by atoms with Gasteiger partial charge in [0.1, 0.15) is 0 Å². The van der Waals surface area contributed by atoms with Crippen LogP contribution in [0.1, 0.15) is 39.2 Å². The number of hydrogen-bond acceptors (Lipinski definition) is 3. The van der Waals surface area contributed by atoms with Gasteiger partial charge in [-0.1, -0.05) is 42.5 Å². The highest BCUT2D eigenvalue weighted by atomic mass is 16.2. The van der Waals surface area contributed by atoms with Gasteiger partial charge in [-0.05, 0) is 31.7 Å². The Labute approximate surface area is 130 Å². The number of nitrogens with zero attached hydrogens (tertiary/aromatic N) is 2. The lowest BCUT2D eigenvalue weighted by molar-refractivity contribution is 0.0531. The van der Waals surface area contributed by atoms with Gasteiger partial charge in [0.25, 0.3) is 11.8 Å². The Hall–Kier alpha value is -2.46. The fourth-order valence-corrected chi connectivity index (χ4v) is 2.70. The number of carbonyl (C=O) groups is 2. The van der Waals surface area contributed by atoms with Gasteiger partial charge in [0.2, 0.25) is 0 Å². The van der Waals surface area contributed by atoms with Crippen molar-refractivity contribution >= 4 is 11.8 Å². The molecule has 0 fully saturated rings. The first kappa shape index (κ1) is 14.5. The number of amides is 2. The first-order valence-corrected chi connectivity index (χ1v) is 7.30. The molecule has 0 aromatic heterocycles. The normalized spacial score (nSPS) is 15.3. The van der Waals surface area contributed by atoms with E-state index in [1.54, 1.807) is 24.3 Å². The highest BCUT2D eigenvalue weighted by Crippen LogP contribution is 2.25. The van der Waals surface area contributed by atoms with E-state index in [4.69, 9.17) is 0 Å². The molecule has 4 nitrogen and oxygen atoms in total. The lowest BCUT2D eigenvalue weighted by atomic mass is 10.1. The van der Waals surface area contributed by atoms with Crippen LogP contribution in [0, 0.1) is 0 Å². The van der Waals surface area contributed by atoms with Crippen LogP contribution in [0.4, 0.5) is 0 Å². The van der Waals surface area contributed by atoms with Crippen molar-refractivity contribution in [3.63, 3.8) is 0 Å². The molecule has 0 radical (unpaired) electrons. The van der Waals surface area contributed by atoms with E-state index in [0.717, 1.165) is 5.56 Å². The smallest absolute Gasteiger partial charge is 0.262 e. The van der Waals surface area contributed by atoms with Gasteiger partial charge in [0, 0.05) is 6.04 Å². The van der Waals surface area contributed by atoms with Crippen LogP contribution >= 0.6 is 0 Å². The summed E-state index contributed by atoms with van der Waals surface area (Å²) in [5.41, 5.74) is 2.14. The molecule has 0 bridgehead atoms. The molecule has 3 rings (SSSR count). The van der Waals surface area contributed by atoms with Gasteiger partial charge in [-0.3, -0.25) is 19.4 Å². The number of hydrogen-bond donors (Lipinski definition) is 0. The third kappa shape index (κ3) is 2.42. The second kappa shape index (κ2) is 5.73. The largest absolute Gasteiger partial charge is 0.282 e. The van der Waals surface area contributed by atoms with Gasteiger partial charge in [-0.2, -0.15) is 0 Å². The van der Waals surface area contributed by atoms with Crippen LogP contribution in [-0.2, 0) is 0 Å². The summed E-state index contributed by atoms with van der Waals surface area (Å²) in [4.78, 5) is 28.1. The number of fused-ring (bicyclic) bond motifs is 1. The quantitative estimate of drug-likeness (QED) is 0.814. The fraction of sp³-hybridized carbons (Fsp3) is 0.222. The Morgan fingerprint density at radius 2 is 1.41 bits per heavy atom. The Balaban J connectivity index is 1.77. The Bertz CT molecular complexity index is 677. The maximum atomic E-state index is 12.4. The summed E-state index contributed by atoms with van der Waals surface area (Å²) < 4.78 is 0. The van der Waals surface area contributed by atoms with Crippen molar-refractivity contribution in [2.75, 3.05) is 13.7 Å². The van der Waals surface area contributed by atoms with Crippen LogP contribution in [0.25, 0.3) is 0 Å². The fourth-order valence-electron chi connectivity index (χ4n) is 2.70. The second-order valence-electron chi connectivity index (χ2n) is 5.57. The molecule has 2 aromatic rings. The van der Waals surface area contributed by atoms with Crippen LogP contribution in [0.15, 0.2) is 54.6 Å². The molecule has 1 atom stereocenters. The van der Waals surface area contributed by atoms with E-state index >= 15 is 0 Å². The molecular weight excluding hydrogens is 276 g/mol. The summed E-state index contributed by atoms with van der Waals surface area (Å²) in [6.07, 6.45) is 0. The van der Waals surface area contributed by atoms with Crippen LogP contribution in [0.2, 0.25) is 0 Å². The number of imide groups is 1. The minimum absolute atomic E-state index is 0.116. The van der Waals surface area contributed by atoms with E-state index in [-0.39, 0.29) is 24.5 Å². The van der Waals surface area contributed by atoms with Crippen LogP contribution in [0.3, 0.4) is 0 Å². The van der Waals surface area contributed by atoms with Crippen molar-refractivity contribution in [2.45, 2.75) is 13.0 Å². The first-order chi connectivity index (χ1) is 10.6. The first-order valence-electron chi connectivity index (χ1n) is 7.30. The van der Waals surface area contributed by atoms with Gasteiger partial charge in [0.15, 0.2) is 0 Å². The third-order valence-electron chi connectivity index (χ3n) is 4.19. The molecule has 0 saturated carbocycles. The van der Waals surface area contributed by atoms with Gasteiger partial charge in [-0.25, -0.2) is 0 Å². The summed E-state index contributed by atoms with van der Waals surface area (Å²) in [5, 5.41) is 0. The maximum Gasteiger partial charge on any atom is 0.262 e. The molecule has 1 heterocycles.